The highest BCUT2D eigenvalue weighted by molar-refractivity contribution is 7.99. The number of nitrogens with zero attached hydrogens (tertiary/aromatic N) is 2. The highest BCUT2D eigenvalue weighted by Crippen LogP contribution is 2.43. The number of fused-ring (bicyclic) bond motifs is 6. The molecule has 0 atom stereocenters. The van der Waals surface area contributed by atoms with E-state index in [2.05, 4.69) is 0 Å². The molecule has 0 fully saturated rings. The van der Waals surface area contributed by atoms with Crippen LogP contribution in [0.4, 0.5) is 35.1 Å². The van der Waals surface area contributed by atoms with Crippen LogP contribution in [0.3, 0.4) is 0 Å². The summed E-state index contributed by atoms with van der Waals surface area (Å²) in [4.78, 5) is 1.15. The summed E-state index contributed by atoms with van der Waals surface area (Å²) in [5.74, 6) is 0. The van der Waals surface area contributed by atoms with Crippen molar-refractivity contribution in [3.8, 4) is 0 Å². The number of hydrogen-bond acceptors (Lipinski definition) is 1. The van der Waals surface area contributed by atoms with Crippen molar-refractivity contribution in [1.29, 1.82) is 0 Å². The highest BCUT2D eigenvalue weighted by atomic mass is 32.2. The van der Waals surface area contributed by atoms with Gasteiger partial charge in [-0.25, -0.2) is 17.6 Å². The third kappa shape index (κ3) is 3.85. The summed E-state index contributed by atoms with van der Waals surface area (Å²) in [6.07, 6.45) is -7.84. The van der Waals surface area contributed by atoms with Gasteiger partial charge in [0.15, 0.2) is 0 Å². The zero-order chi connectivity index (χ0) is 27.7. The SMILES string of the molecule is FC(F)C(F)(F)n1c2ccccc2c2cc(Sc3ccc4c(c3)c3ccccc3n4C(F)(F)C(F)F)ccc21. The topological polar surface area (TPSA) is 9.86 Å². The van der Waals surface area contributed by atoms with E-state index in [0.29, 0.717) is 40.5 Å². The van der Waals surface area contributed by atoms with Gasteiger partial charge in [-0.1, -0.05) is 48.2 Å². The molecule has 0 amide bonds. The maximum Gasteiger partial charge on any atom is 0.389 e. The van der Waals surface area contributed by atoms with Gasteiger partial charge in [-0.2, -0.15) is 17.6 Å². The van der Waals surface area contributed by atoms with Gasteiger partial charge in [0.25, 0.3) is 0 Å². The van der Waals surface area contributed by atoms with Gasteiger partial charge in [0.2, 0.25) is 0 Å². The number of hydrogen-bond donors (Lipinski definition) is 0. The summed E-state index contributed by atoms with van der Waals surface area (Å²) in [7, 11) is 0. The predicted octanol–water partition coefficient (Wildman–Crippen LogP) is 9.68. The molecule has 0 saturated heterocycles. The van der Waals surface area contributed by atoms with Crippen LogP contribution in [0.15, 0.2) is 94.7 Å². The molecular formula is C28H16F8N2S. The Morgan fingerprint density at radius 1 is 0.487 bits per heavy atom. The molecule has 6 aromatic rings. The smallest absolute Gasteiger partial charge is 0.276 e. The van der Waals surface area contributed by atoms with Gasteiger partial charge in [-0.05, 0) is 48.5 Å². The molecule has 200 valence electrons. The predicted molar refractivity (Wildman–Crippen MR) is 135 cm³/mol. The molecule has 6 rings (SSSR count). The van der Waals surface area contributed by atoms with E-state index in [1.807, 2.05) is 0 Å². The summed E-state index contributed by atoms with van der Waals surface area (Å²) < 4.78 is 112. The van der Waals surface area contributed by atoms with E-state index in [-0.39, 0.29) is 22.1 Å². The van der Waals surface area contributed by atoms with Crippen molar-refractivity contribution in [3.05, 3.63) is 84.9 Å². The number of halogens is 8. The Labute approximate surface area is 219 Å². The van der Waals surface area contributed by atoms with Gasteiger partial charge >= 0.3 is 24.9 Å². The van der Waals surface area contributed by atoms with Crippen LogP contribution in [0, 0.1) is 0 Å². The van der Waals surface area contributed by atoms with Gasteiger partial charge in [0, 0.05) is 31.3 Å². The lowest BCUT2D eigenvalue weighted by molar-refractivity contribution is -0.184. The standard InChI is InChI=1S/C28H16F8N2S/c29-25(30)27(33,34)37-21-7-3-1-5-17(21)19-13-15(9-11-23(19)37)39-16-10-12-24-20(14-16)18-6-2-4-8-22(18)38(24)28(35,36)26(31)32/h1-14,25-26H. The summed E-state index contributed by atoms with van der Waals surface area (Å²) >= 11 is 1.19. The Morgan fingerprint density at radius 3 is 1.23 bits per heavy atom. The van der Waals surface area contributed by atoms with Gasteiger partial charge in [0.05, 0.1) is 22.1 Å². The normalized spacial score (nSPS) is 13.2. The number of benzene rings is 4. The molecule has 0 radical (unpaired) electrons. The van der Waals surface area contributed by atoms with Crippen LogP contribution < -0.4 is 0 Å². The first-order chi connectivity index (χ1) is 18.5. The molecule has 0 aliphatic carbocycles. The number of para-hydroxylation sites is 2. The van der Waals surface area contributed by atoms with Crippen molar-refractivity contribution in [3.63, 3.8) is 0 Å². The van der Waals surface area contributed by atoms with E-state index in [0.717, 1.165) is 0 Å². The Morgan fingerprint density at radius 2 is 0.846 bits per heavy atom. The molecule has 0 saturated carbocycles. The fraction of sp³-hybridized carbons (Fsp3) is 0.143. The minimum Gasteiger partial charge on any atom is -0.276 e. The van der Waals surface area contributed by atoms with Crippen LogP contribution >= 0.6 is 11.8 Å². The third-order valence-electron chi connectivity index (χ3n) is 6.65. The summed E-state index contributed by atoms with van der Waals surface area (Å²) in [5, 5.41) is 1.40. The van der Waals surface area contributed by atoms with E-state index in [9.17, 15) is 35.1 Å². The second-order valence-electron chi connectivity index (χ2n) is 8.94. The molecule has 0 N–H and O–H groups in total. The minimum absolute atomic E-state index is 0.0471. The van der Waals surface area contributed by atoms with E-state index >= 15 is 0 Å². The zero-order valence-corrected chi connectivity index (χ0v) is 20.4. The van der Waals surface area contributed by atoms with Crippen molar-refractivity contribution < 1.29 is 35.1 Å². The second-order valence-corrected chi connectivity index (χ2v) is 10.1. The first-order valence-corrected chi connectivity index (χ1v) is 12.4. The zero-order valence-electron chi connectivity index (χ0n) is 19.6. The maximum absolute atomic E-state index is 14.5. The van der Waals surface area contributed by atoms with E-state index < -0.39 is 24.9 Å². The van der Waals surface area contributed by atoms with Gasteiger partial charge in [-0.3, -0.25) is 9.13 Å². The summed E-state index contributed by atoms with van der Waals surface area (Å²) in [6.45, 7) is 0. The Hall–Kier alpha value is -3.73. The van der Waals surface area contributed by atoms with E-state index in [1.165, 1.54) is 60.3 Å². The van der Waals surface area contributed by atoms with Crippen LogP contribution in [-0.2, 0) is 12.1 Å². The van der Waals surface area contributed by atoms with Crippen molar-refractivity contribution >= 4 is 55.4 Å². The van der Waals surface area contributed by atoms with Crippen LogP contribution in [0.25, 0.3) is 43.6 Å². The molecule has 2 aromatic heterocycles. The Balaban J connectivity index is 1.48. The molecule has 0 bridgehead atoms. The van der Waals surface area contributed by atoms with Gasteiger partial charge in [0.1, 0.15) is 0 Å². The van der Waals surface area contributed by atoms with Crippen LogP contribution in [0.2, 0.25) is 0 Å². The molecule has 0 aliphatic rings. The Bertz CT molecular complexity index is 1740. The third-order valence-corrected chi connectivity index (χ3v) is 7.62. The lowest BCUT2D eigenvalue weighted by Gasteiger charge is -2.19. The molecule has 0 spiro atoms. The monoisotopic (exact) mass is 564 g/mol. The average Bonchev–Trinajstić information content (AvgIpc) is 3.42. The van der Waals surface area contributed by atoms with E-state index in [4.69, 9.17) is 0 Å². The van der Waals surface area contributed by atoms with Gasteiger partial charge in [-0.15, -0.1) is 0 Å². The molecule has 2 heterocycles. The molecule has 0 aliphatic heterocycles. The molecule has 11 heteroatoms. The van der Waals surface area contributed by atoms with Gasteiger partial charge < -0.3 is 0 Å². The quantitative estimate of drug-likeness (QED) is 0.183. The van der Waals surface area contributed by atoms with Crippen molar-refractivity contribution in [2.75, 3.05) is 0 Å². The molecule has 0 unspecified atom stereocenters. The van der Waals surface area contributed by atoms with Crippen molar-refractivity contribution in [2.45, 2.75) is 34.7 Å². The number of rotatable bonds is 6. The summed E-state index contributed by atoms with van der Waals surface area (Å²) in [5.41, 5.74) is -0.236. The molecule has 2 nitrogen and oxygen atoms in total. The fourth-order valence-corrected chi connectivity index (χ4v) is 5.90. The number of aromatic nitrogens is 2. The maximum atomic E-state index is 14.5. The van der Waals surface area contributed by atoms with Crippen molar-refractivity contribution in [1.82, 2.24) is 9.13 Å². The highest BCUT2D eigenvalue weighted by Gasteiger charge is 2.45. The van der Waals surface area contributed by atoms with E-state index in [1.54, 1.807) is 36.4 Å². The minimum atomic E-state index is -4.43. The molecular weight excluding hydrogens is 548 g/mol. The number of alkyl halides is 8. The first-order valence-electron chi connectivity index (χ1n) is 11.6. The summed E-state index contributed by atoms with van der Waals surface area (Å²) in [6, 6.07) is 12.0. The fourth-order valence-electron chi connectivity index (χ4n) is 5.00. The average molecular weight is 565 g/mol. The lowest BCUT2D eigenvalue weighted by Crippen LogP contribution is -2.31. The Kier molecular flexibility index (Phi) is 5.83. The molecule has 4 aromatic carbocycles. The van der Waals surface area contributed by atoms with Crippen LogP contribution in [-0.4, -0.2) is 22.0 Å². The van der Waals surface area contributed by atoms with Crippen molar-refractivity contribution in [2.24, 2.45) is 0 Å². The first kappa shape index (κ1) is 25.5. The van der Waals surface area contributed by atoms with Crippen LogP contribution in [0.1, 0.15) is 0 Å². The second kappa shape index (κ2) is 8.90. The molecule has 39 heavy (non-hydrogen) atoms. The largest absolute Gasteiger partial charge is 0.389 e. The van der Waals surface area contributed by atoms with Crippen LogP contribution in [0.5, 0.6) is 0 Å². The lowest BCUT2D eigenvalue weighted by atomic mass is 10.1.